The van der Waals surface area contributed by atoms with Gasteiger partial charge in [-0.2, -0.15) is 0 Å². The maximum Gasteiger partial charge on any atom is 0.338 e. The molecule has 3 aliphatic heterocycles. The van der Waals surface area contributed by atoms with E-state index in [1.165, 1.54) is 4.57 Å². The fourth-order valence-electron chi connectivity index (χ4n) is 5.05. The van der Waals surface area contributed by atoms with Crippen LogP contribution in [0.5, 0.6) is 11.5 Å². The van der Waals surface area contributed by atoms with Crippen LogP contribution in [-0.4, -0.2) is 36.4 Å². The van der Waals surface area contributed by atoms with Crippen LogP contribution >= 0.6 is 11.3 Å². The predicted octanol–water partition coefficient (Wildman–Crippen LogP) is 2.43. The number of nitrogens with zero attached hydrogens (tertiary/aromatic N) is 3. The highest BCUT2D eigenvalue weighted by molar-refractivity contribution is 7.07. The summed E-state index contributed by atoms with van der Waals surface area (Å²) in [5, 5.41) is 0. The molecule has 3 aromatic rings. The van der Waals surface area contributed by atoms with Gasteiger partial charge < -0.3 is 19.1 Å². The third kappa shape index (κ3) is 3.52. The highest BCUT2D eigenvalue weighted by Gasteiger charge is 2.37. The van der Waals surface area contributed by atoms with Gasteiger partial charge in [0.1, 0.15) is 4.53 Å². The second-order valence-electron chi connectivity index (χ2n) is 8.83. The number of allylic oxidation sites excluding steroid dienone is 1. The molecule has 0 radical (unpaired) electrons. The second-order valence-corrected chi connectivity index (χ2v) is 9.81. The van der Waals surface area contributed by atoms with E-state index in [4.69, 9.17) is 14.2 Å². The van der Waals surface area contributed by atoms with Crippen LogP contribution in [0.4, 0.5) is 5.69 Å². The van der Waals surface area contributed by atoms with Crippen molar-refractivity contribution >= 4 is 34.5 Å². The quantitative estimate of drug-likeness (QED) is 0.372. The molecule has 0 bridgehead atoms. The molecule has 38 heavy (non-hydrogen) atoms. The standard InChI is InChI=1S/C28H23N3O6S/c1-4-12-30-18-9-7-6-8-17(18)22(25(30)32)24-26(33)31-23(16-10-11-19-20(13-16)37-14-36-19)21(27(34)35-5-2)15(3)29-28(31)38-24/h4,6-11,13,23H,1,5,12,14H2,2-3H3/b24-22+/t23-/m1/s1. The van der Waals surface area contributed by atoms with E-state index in [-0.39, 0.29) is 29.4 Å². The van der Waals surface area contributed by atoms with Gasteiger partial charge in [0.05, 0.1) is 35.2 Å². The van der Waals surface area contributed by atoms with Crippen LogP contribution in [0.1, 0.15) is 31.0 Å². The molecule has 1 amide bonds. The summed E-state index contributed by atoms with van der Waals surface area (Å²) in [4.78, 5) is 47.5. The summed E-state index contributed by atoms with van der Waals surface area (Å²) in [7, 11) is 0. The average Bonchev–Trinajstić information content (AvgIpc) is 3.58. The summed E-state index contributed by atoms with van der Waals surface area (Å²) in [6.07, 6.45) is 1.65. The molecule has 9 nitrogen and oxygen atoms in total. The molecule has 0 fully saturated rings. The molecule has 1 aromatic heterocycles. The number of carbonyl (C=O) groups is 2. The summed E-state index contributed by atoms with van der Waals surface area (Å²) in [5.41, 5.74) is 2.62. The van der Waals surface area contributed by atoms with Crippen LogP contribution in [0.2, 0.25) is 0 Å². The molecule has 1 atom stereocenters. The number of hydrogen-bond donors (Lipinski definition) is 0. The van der Waals surface area contributed by atoms with Gasteiger partial charge in [0.2, 0.25) is 6.79 Å². The van der Waals surface area contributed by atoms with Gasteiger partial charge >= 0.3 is 5.97 Å². The molecule has 192 valence electrons. The number of benzene rings is 2. The highest BCUT2D eigenvalue weighted by atomic mass is 32.1. The van der Waals surface area contributed by atoms with E-state index in [1.54, 1.807) is 43.0 Å². The zero-order valence-electron chi connectivity index (χ0n) is 20.7. The monoisotopic (exact) mass is 529 g/mol. The van der Waals surface area contributed by atoms with Gasteiger partial charge in [0.15, 0.2) is 16.3 Å². The summed E-state index contributed by atoms with van der Waals surface area (Å²) in [5.74, 6) is 0.258. The molecule has 0 saturated carbocycles. The van der Waals surface area contributed by atoms with Crippen LogP contribution in [0.3, 0.4) is 0 Å². The maximum atomic E-state index is 14.1. The lowest BCUT2D eigenvalue weighted by Gasteiger charge is -2.24. The first-order valence-electron chi connectivity index (χ1n) is 12.1. The van der Waals surface area contributed by atoms with E-state index in [2.05, 4.69) is 11.6 Å². The van der Waals surface area contributed by atoms with Gasteiger partial charge in [-0.3, -0.25) is 14.2 Å². The van der Waals surface area contributed by atoms with E-state index in [0.717, 1.165) is 11.3 Å². The van der Waals surface area contributed by atoms with Crippen molar-refractivity contribution in [3.8, 4) is 11.5 Å². The summed E-state index contributed by atoms with van der Waals surface area (Å²) in [6, 6.07) is 11.8. The second kappa shape index (κ2) is 9.14. The molecular weight excluding hydrogens is 506 g/mol. The normalized spacial score (nSPS) is 18.7. The third-order valence-corrected chi connectivity index (χ3v) is 7.72. The lowest BCUT2D eigenvalue weighted by atomic mass is 9.95. The van der Waals surface area contributed by atoms with Crippen molar-refractivity contribution in [2.75, 3.05) is 24.8 Å². The lowest BCUT2D eigenvalue weighted by Crippen LogP contribution is -2.41. The molecule has 0 saturated heterocycles. The van der Waals surface area contributed by atoms with Crippen LogP contribution in [-0.2, 0) is 14.3 Å². The molecule has 0 unspecified atom stereocenters. The molecule has 2 aromatic carbocycles. The first-order chi connectivity index (χ1) is 18.4. The highest BCUT2D eigenvalue weighted by Crippen LogP contribution is 2.39. The Bertz CT molecular complexity index is 1750. The van der Waals surface area contributed by atoms with E-state index in [1.807, 2.05) is 24.3 Å². The van der Waals surface area contributed by atoms with Crippen molar-refractivity contribution in [2.24, 2.45) is 4.99 Å². The zero-order valence-corrected chi connectivity index (χ0v) is 21.5. The Morgan fingerprint density at radius 2 is 2.00 bits per heavy atom. The number of amides is 1. The lowest BCUT2D eigenvalue weighted by molar-refractivity contribution is -0.139. The Labute approximate surface area is 221 Å². The topological polar surface area (TPSA) is 99.4 Å². The first-order valence-corrected chi connectivity index (χ1v) is 12.9. The number of fused-ring (bicyclic) bond motifs is 3. The largest absolute Gasteiger partial charge is 0.463 e. The fraction of sp³-hybridized carbons (Fsp3) is 0.214. The van der Waals surface area contributed by atoms with Crippen molar-refractivity contribution in [3.63, 3.8) is 0 Å². The SMILES string of the molecule is C=CCN1C(=O)/C(=c2/sc3n(c2=O)[C@H](c2ccc4c(c2)OCO4)C(C(=O)OCC)=C(C)N=3)c2ccccc21. The molecule has 4 heterocycles. The van der Waals surface area contributed by atoms with Gasteiger partial charge in [-0.25, -0.2) is 9.79 Å². The summed E-state index contributed by atoms with van der Waals surface area (Å²) >= 11 is 1.13. The number of ether oxygens (including phenoxy) is 3. The summed E-state index contributed by atoms with van der Waals surface area (Å²) < 4.78 is 18.1. The molecule has 0 N–H and O–H groups in total. The number of anilines is 1. The fourth-order valence-corrected chi connectivity index (χ4v) is 6.19. The smallest absolute Gasteiger partial charge is 0.338 e. The Morgan fingerprint density at radius 1 is 1.21 bits per heavy atom. The number of aromatic nitrogens is 1. The minimum atomic E-state index is -0.829. The summed E-state index contributed by atoms with van der Waals surface area (Å²) in [6.45, 7) is 7.77. The average molecular weight is 530 g/mol. The van der Waals surface area contributed by atoms with Gasteiger partial charge in [0, 0.05) is 12.1 Å². The minimum Gasteiger partial charge on any atom is -0.463 e. The van der Waals surface area contributed by atoms with Crippen molar-refractivity contribution < 1.29 is 23.8 Å². The van der Waals surface area contributed by atoms with E-state index in [0.29, 0.717) is 50.9 Å². The Morgan fingerprint density at radius 3 is 2.79 bits per heavy atom. The molecular formula is C28H23N3O6S. The number of para-hydroxylation sites is 1. The van der Waals surface area contributed by atoms with Crippen molar-refractivity contribution in [2.45, 2.75) is 19.9 Å². The number of carbonyl (C=O) groups excluding carboxylic acids is 2. The Balaban J connectivity index is 1.63. The van der Waals surface area contributed by atoms with Gasteiger partial charge in [-0.1, -0.05) is 41.7 Å². The molecule has 6 rings (SSSR count). The van der Waals surface area contributed by atoms with Gasteiger partial charge in [-0.15, -0.1) is 6.58 Å². The Hall–Kier alpha value is -4.44. The van der Waals surface area contributed by atoms with Crippen molar-refractivity contribution in [1.82, 2.24) is 4.57 Å². The van der Waals surface area contributed by atoms with E-state index in [9.17, 15) is 14.4 Å². The number of esters is 1. The minimum absolute atomic E-state index is 0.0905. The van der Waals surface area contributed by atoms with Crippen LogP contribution in [0.15, 0.2) is 76.2 Å². The van der Waals surface area contributed by atoms with Gasteiger partial charge in [0.25, 0.3) is 11.5 Å². The predicted molar refractivity (Wildman–Crippen MR) is 141 cm³/mol. The van der Waals surface area contributed by atoms with Crippen LogP contribution in [0, 0.1) is 0 Å². The molecule has 3 aliphatic rings. The maximum absolute atomic E-state index is 14.1. The van der Waals surface area contributed by atoms with Crippen molar-refractivity contribution in [1.29, 1.82) is 0 Å². The Kier molecular flexibility index (Phi) is 5.76. The van der Waals surface area contributed by atoms with Crippen LogP contribution in [0.25, 0.3) is 5.57 Å². The van der Waals surface area contributed by atoms with E-state index >= 15 is 0 Å². The van der Waals surface area contributed by atoms with E-state index < -0.39 is 17.6 Å². The number of rotatable bonds is 5. The molecule has 10 heteroatoms. The van der Waals surface area contributed by atoms with Crippen LogP contribution < -0.4 is 29.3 Å². The first kappa shape index (κ1) is 23.9. The molecule has 0 spiro atoms. The van der Waals surface area contributed by atoms with Gasteiger partial charge in [-0.05, 0) is 37.6 Å². The zero-order chi connectivity index (χ0) is 26.6. The van der Waals surface area contributed by atoms with Crippen molar-refractivity contribution in [3.05, 3.63) is 97.2 Å². The number of thiazole rings is 1. The molecule has 0 aliphatic carbocycles. The number of hydrogen-bond acceptors (Lipinski definition) is 8. The third-order valence-electron chi connectivity index (χ3n) is 6.67.